The van der Waals surface area contributed by atoms with Crippen molar-refractivity contribution in [3.63, 3.8) is 0 Å². The van der Waals surface area contributed by atoms with Crippen molar-refractivity contribution in [1.29, 1.82) is 0 Å². The fraction of sp³-hybridized carbons (Fsp3) is 0. The maximum Gasteiger partial charge on any atom is 1.00 e. The Hall–Kier alpha value is 1.17. The molecule has 0 aromatic carbocycles. The van der Waals surface area contributed by atoms with Gasteiger partial charge in [-0.25, -0.2) is 0 Å². The molecule has 6 heteroatoms. The van der Waals surface area contributed by atoms with Crippen molar-refractivity contribution in [3.8, 4) is 0 Å². The van der Waals surface area contributed by atoms with Crippen LogP contribution in [0, 0.1) is 57.1 Å². The van der Waals surface area contributed by atoms with Crippen LogP contribution in [0.25, 0.3) is 0 Å². The number of hydrogen-bond acceptors (Lipinski definition) is 3. The largest absolute Gasteiger partial charge is 1.00 e. The molecular weight excluding hydrogens is 209 g/mol. The molecule has 0 fully saturated rings. The number of rotatable bonds is 0. The van der Waals surface area contributed by atoms with E-state index in [-0.39, 0.29) is 60.6 Å². The topological polar surface area (TPSA) is 66.2 Å². The Morgan fingerprint density at radius 2 is 1.33 bits per heavy atom. The second kappa shape index (κ2) is 9.49. The molecule has 4 nitrogen and oxygen atoms in total. The minimum Gasteiger partial charge on any atom is -0.356 e. The van der Waals surface area contributed by atoms with Gasteiger partial charge in [-0.2, -0.15) is 0 Å². The first-order valence-corrected chi connectivity index (χ1v) is 0.548. The number of hydrogen-bond donors (Lipinski definition) is 0. The Labute approximate surface area is 80.0 Å². The summed E-state index contributed by atoms with van der Waals surface area (Å²) in [6.07, 6.45) is 0. The molecule has 0 radical (unpaired) electrons. The molecule has 0 N–H and O–H groups in total. The van der Waals surface area contributed by atoms with Crippen molar-refractivity contribution in [2.24, 2.45) is 0 Å². The minimum absolute atomic E-state index is 0. The molecule has 0 amide bonds. The zero-order valence-electron chi connectivity index (χ0n) is 3.17. The van der Waals surface area contributed by atoms with Crippen molar-refractivity contribution in [2.45, 2.75) is 0 Å². The van der Waals surface area contributed by atoms with Gasteiger partial charge in [0.15, 0.2) is 0 Å². The molecule has 0 aliphatic carbocycles. The van der Waals surface area contributed by atoms with Gasteiger partial charge in [0, 0.05) is 41.7 Å². The minimum atomic E-state index is -1.75. The van der Waals surface area contributed by atoms with E-state index in [1.165, 1.54) is 0 Å². The Bertz CT molecular complexity index is 33.8. The fourth-order valence-corrected chi connectivity index (χ4v) is 0. The van der Waals surface area contributed by atoms with Gasteiger partial charge in [-0.3, -0.25) is 0 Å². The molecule has 0 aliphatic rings. The van der Waals surface area contributed by atoms with Crippen LogP contribution in [-0.4, -0.2) is 5.09 Å². The molecule has 0 rings (SSSR count). The van der Waals surface area contributed by atoms with E-state index in [4.69, 9.17) is 15.3 Å². The molecule has 0 aromatic rings. The van der Waals surface area contributed by atoms with Gasteiger partial charge in [-0.1, -0.05) is 0 Å². The van der Waals surface area contributed by atoms with Gasteiger partial charge in [0.1, 0.15) is 0 Å². The van der Waals surface area contributed by atoms with E-state index in [2.05, 4.69) is 0 Å². The van der Waals surface area contributed by atoms with E-state index < -0.39 is 5.09 Å². The first-order valence-electron chi connectivity index (χ1n) is 0.548. The van der Waals surface area contributed by atoms with Crippen molar-refractivity contribution in [1.82, 2.24) is 0 Å². The molecule has 0 spiro atoms. The molecule has 0 atom stereocenters. The zero-order valence-corrected chi connectivity index (χ0v) is 6.31. The second-order valence-electron chi connectivity index (χ2n) is 0.224. The van der Waals surface area contributed by atoms with E-state index in [0.717, 1.165) is 0 Å². The average molecular weight is 209 g/mol. The SMILES string of the molecule is O=[N+]([O-])[O-].[Ce].[Li+]. The summed E-state index contributed by atoms with van der Waals surface area (Å²) in [5.74, 6) is 0. The Kier molecular flexibility index (Phi) is 24.8. The fourth-order valence-electron chi connectivity index (χ4n) is 0. The van der Waals surface area contributed by atoms with Gasteiger partial charge in [0.25, 0.3) is 0 Å². The molecule has 0 unspecified atom stereocenters. The summed E-state index contributed by atoms with van der Waals surface area (Å²) in [5, 5.41) is 14.8. The summed E-state index contributed by atoms with van der Waals surface area (Å²) >= 11 is 0. The third kappa shape index (κ3) is 65.4. The van der Waals surface area contributed by atoms with Gasteiger partial charge in [-0.15, -0.1) is 0 Å². The molecule has 0 heterocycles. The van der Waals surface area contributed by atoms with Crippen molar-refractivity contribution in [2.75, 3.05) is 0 Å². The Morgan fingerprint density at radius 3 is 1.33 bits per heavy atom. The van der Waals surface area contributed by atoms with Crippen molar-refractivity contribution < 1.29 is 65.7 Å². The van der Waals surface area contributed by atoms with Gasteiger partial charge >= 0.3 is 18.9 Å². The van der Waals surface area contributed by atoms with E-state index in [0.29, 0.717) is 0 Å². The zero-order chi connectivity index (χ0) is 3.58. The normalized spacial score (nSPS) is 4.00. The molecular formula is CeLiNO3. The van der Waals surface area contributed by atoms with Crippen LogP contribution < -0.4 is 18.9 Å². The van der Waals surface area contributed by atoms with E-state index >= 15 is 0 Å². The van der Waals surface area contributed by atoms with Crippen molar-refractivity contribution in [3.05, 3.63) is 15.3 Å². The van der Waals surface area contributed by atoms with Gasteiger partial charge < -0.3 is 15.3 Å². The predicted octanol–water partition coefficient (Wildman–Crippen LogP) is -3.24. The van der Waals surface area contributed by atoms with E-state index in [1.807, 2.05) is 0 Å². The summed E-state index contributed by atoms with van der Waals surface area (Å²) in [4.78, 5) is 8.25. The third-order valence-corrected chi connectivity index (χ3v) is 0. The van der Waals surface area contributed by atoms with Crippen LogP contribution in [0.4, 0.5) is 0 Å². The summed E-state index contributed by atoms with van der Waals surface area (Å²) in [6, 6.07) is 0. The Balaban J connectivity index is -0.0000000450. The third-order valence-electron chi connectivity index (χ3n) is 0. The van der Waals surface area contributed by atoms with Crippen LogP contribution in [0.15, 0.2) is 0 Å². The maximum absolute atomic E-state index is 8.25. The maximum atomic E-state index is 8.25. The molecule has 0 saturated heterocycles. The monoisotopic (exact) mass is 209 g/mol. The number of nitrogens with zero attached hydrogens (tertiary/aromatic N) is 1. The molecule has 28 valence electrons. The van der Waals surface area contributed by atoms with Gasteiger partial charge in [0.2, 0.25) is 0 Å². The van der Waals surface area contributed by atoms with E-state index in [9.17, 15) is 0 Å². The molecule has 6 heavy (non-hydrogen) atoms. The van der Waals surface area contributed by atoms with E-state index in [1.54, 1.807) is 0 Å². The summed E-state index contributed by atoms with van der Waals surface area (Å²) < 4.78 is 0. The summed E-state index contributed by atoms with van der Waals surface area (Å²) in [5.41, 5.74) is 0. The van der Waals surface area contributed by atoms with Gasteiger partial charge in [0.05, 0.1) is 5.09 Å². The van der Waals surface area contributed by atoms with Crippen LogP contribution in [0.5, 0.6) is 0 Å². The standard InChI is InChI=1S/Ce.Li.NO3/c;;2-1(3)4/q;+1;-1. The van der Waals surface area contributed by atoms with Crippen LogP contribution in [0.1, 0.15) is 0 Å². The Morgan fingerprint density at radius 1 is 1.33 bits per heavy atom. The molecule has 0 saturated carbocycles. The quantitative estimate of drug-likeness (QED) is 0.239. The average Bonchev–Trinajstić information content (AvgIpc) is 0.811. The summed E-state index contributed by atoms with van der Waals surface area (Å²) in [7, 11) is 0. The predicted molar refractivity (Wildman–Crippen MR) is 10.4 cm³/mol. The molecule has 0 aromatic heterocycles. The van der Waals surface area contributed by atoms with Crippen LogP contribution in [0.3, 0.4) is 0 Å². The smallest absolute Gasteiger partial charge is 0.356 e. The summed E-state index contributed by atoms with van der Waals surface area (Å²) in [6.45, 7) is 0. The van der Waals surface area contributed by atoms with Crippen LogP contribution in [-0.2, 0) is 0 Å². The van der Waals surface area contributed by atoms with Crippen LogP contribution >= 0.6 is 0 Å². The first kappa shape index (κ1) is 15.7. The first-order chi connectivity index (χ1) is 1.73. The molecule has 0 bridgehead atoms. The van der Waals surface area contributed by atoms with Crippen molar-refractivity contribution >= 4 is 0 Å². The van der Waals surface area contributed by atoms with Crippen LogP contribution in [0.2, 0.25) is 0 Å². The molecule has 0 aliphatic heterocycles. The van der Waals surface area contributed by atoms with Gasteiger partial charge in [-0.05, 0) is 0 Å². The second-order valence-corrected chi connectivity index (χ2v) is 0.224.